The standard InChI is InChI=1S/C10H12Cl2N2OS/c11-8-3-2-7(6-9(8)12)14-10(16)13-4-1-5-15/h2-3,6,15H,1,4-5H2,(H2,13,14,16). The quantitative estimate of drug-likeness (QED) is 0.585. The van der Waals surface area contributed by atoms with Crippen LogP contribution in [-0.4, -0.2) is 23.4 Å². The number of hydrogen-bond acceptors (Lipinski definition) is 2. The summed E-state index contributed by atoms with van der Waals surface area (Å²) in [6.07, 6.45) is 0.656. The van der Waals surface area contributed by atoms with Crippen molar-refractivity contribution in [2.24, 2.45) is 0 Å². The number of aliphatic hydroxyl groups excluding tert-OH is 1. The second-order valence-electron chi connectivity index (χ2n) is 3.09. The van der Waals surface area contributed by atoms with E-state index in [9.17, 15) is 0 Å². The number of halogens is 2. The number of rotatable bonds is 4. The molecule has 1 aromatic rings. The third-order valence-electron chi connectivity index (χ3n) is 1.80. The van der Waals surface area contributed by atoms with Crippen molar-refractivity contribution in [1.29, 1.82) is 0 Å². The fraction of sp³-hybridized carbons (Fsp3) is 0.300. The molecule has 88 valence electrons. The average molecular weight is 279 g/mol. The van der Waals surface area contributed by atoms with E-state index in [1.165, 1.54) is 0 Å². The van der Waals surface area contributed by atoms with E-state index < -0.39 is 0 Å². The van der Waals surface area contributed by atoms with Gasteiger partial charge in [0.1, 0.15) is 0 Å². The lowest BCUT2D eigenvalue weighted by Gasteiger charge is -2.10. The van der Waals surface area contributed by atoms with Gasteiger partial charge in [-0.2, -0.15) is 0 Å². The van der Waals surface area contributed by atoms with Crippen LogP contribution in [-0.2, 0) is 0 Å². The van der Waals surface area contributed by atoms with Crippen molar-refractivity contribution in [3.05, 3.63) is 28.2 Å². The largest absolute Gasteiger partial charge is 0.396 e. The minimum Gasteiger partial charge on any atom is -0.396 e. The third kappa shape index (κ3) is 4.53. The molecule has 16 heavy (non-hydrogen) atoms. The lowest BCUT2D eigenvalue weighted by molar-refractivity contribution is 0.289. The molecule has 6 heteroatoms. The first-order valence-electron chi connectivity index (χ1n) is 4.74. The Kier molecular flexibility index (Phi) is 5.84. The lowest BCUT2D eigenvalue weighted by Crippen LogP contribution is -2.29. The van der Waals surface area contributed by atoms with Crippen LogP contribution in [0.15, 0.2) is 18.2 Å². The second-order valence-corrected chi connectivity index (χ2v) is 4.31. The van der Waals surface area contributed by atoms with E-state index in [0.717, 1.165) is 5.69 Å². The summed E-state index contributed by atoms with van der Waals surface area (Å²) in [6, 6.07) is 5.18. The Labute approximate surface area is 110 Å². The Morgan fingerprint density at radius 3 is 2.69 bits per heavy atom. The van der Waals surface area contributed by atoms with Gasteiger partial charge in [-0.05, 0) is 36.8 Å². The molecule has 0 fully saturated rings. The van der Waals surface area contributed by atoms with Crippen molar-refractivity contribution in [1.82, 2.24) is 5.32 Å². The zero-order valence-electron chi connectivity index (χ0n) is 8.46. The highest BCUT2D eigenvalue weighted by Gasteiger charge is 2.01. The van der Waals surface area contributed by atoms with Crippen LogP contribution >= 0.6 is 35.4 Å². The van der Waals surface area contributed by atoms with E-state index in [1.807, 2.05) is 0 Å². The van der Waals surface area contributed by atoms with E-state index in [4.69, 9.17) is 40.5 Å². The zero-order chi connectivity index (χ0) is 12.0. The van der Waals surface area contributed by atoms with Gasteiger partial charge in [0, 0.05) is 18.8 Å². The monoisotopic (exact) mass is 278 g/mol. The zero-order valence-corrected chi connectivity index (χ0v) is 10.8. The first-order valence-corrected chi connectivity index (χ1v) is 5.90. The molecule has 0 heterocycles. The molecule has 0 saturated heterocycles. The van der Waals surface area contributed by atoms with E-state index in [-0.39, 0.29) is 6.61 Å². The van der Waals surface area contributed by atoms with Crippen LogP contribution in [0, 0.1) is 0 Å². The summed E-state index contributed by atoms with van der Waals surface area (Å²) in [4.78, 5) is 0. The van der Waals surface area contributed by atoms with Gasteiger partial charge in [-0.1, -0.05) is 23.2 Å². The average Bonchev–Trinajstić information content (AvgIpc) is 2.24. The Balaban J connectivity index is 2.46. The Morgan fingerprint density at radius 1 is 1.31 bits per heavy atom. The van der Waals surface area contributed by atoms with Crippen molar-refractivity contribution in [2.45, 2.75) is 6.42 Å². The molecule has 0 aromatic heterocycles. The van der Waals surface area contributed by atoms with Gasteiger partial charge in [-0.3, -0.25) is 0 Å². The molecule has 0 atom stereocenters. The second kappa shape index (κ2) is 6.91. The van der Waals surface area contributed by atoms with E-state index in [2.05, 4.69) is 10.6 Å². The SMILES string of the molecule is OCCCNC(=S)Nc1ccc(Cl)c(Cl)c1. The van der Waals surface area contributed by atoms with E-state index in [1.54, 1.807) is 18.2 Å². The van der Waals surface area contributed by atoms with Crippen molar-refractivity contribution in [2.75, 3.05) is 18.5 Å². The van der Waals surface area contributed by atoms with E-state index >= 15 is 0 Å². The molecule has 1 rings (SSSR count). The first-order chi connectivity index (χ1) is 7.63. The van der Waals surface area contributed by atoms with Gasteiger partial charge in [-0.15, -0.1) is 0 Å². The maximum atomic E-state index is 8.60. The maximum Gasteiger partial charge on any atom is 0.170 e. The Hall–Kier alpha value is -0.550. The van der Waals surface area contributed by atoms with Gasteiger partial charge in [-0.25, -0.2) is 0 Å². The van der Waals surface area contributed by atoms with Crippen LogP contribution < -0.4 is 10.6 Å². The molecule has 0 bridgehead atoms. The molecular formula is C10H12Cl2N2OS. The number of hydrogen-bond donors (Lipinski definition) is 3. The normalized spacial score (nSPS) is 9.94. The molecule has 3 nitrogen and oxygen atoms in total. The topological polar surface area (TPSA) is 44.3 Å². The van der Waals surface area contributed by atoms with Crippen molar-refractivity contribution in [3.8, 4) is 0 Å². The van der Waals surface area contributed by atoms with Crippen LogP contribution in [0.1, 0.15) is 6.42 Å². The molecule has 0 amide bonds. The smallest absolute Gasteiger partial charge is 0.170 e. The summed E-state index contributed by atoms with van der Waals surface area (Å²) in [5, 5.41) is 16.0. The minimum absolute atomic E-state index is 0.141. The molecule has 1 aromatic carbocycles. The molecule has 3 N–H and O–H groups in total. The predicted octanol–water partition coefficient (Wildman–Crippen LogP) is 2.66. The lowest BCUT2D eigenvalue weighted by atomic mass is 10.3. The molecular weight excluding hydrogens is 267 g/mol. The fourth-order valence-electron chi connectivity index (χ4n) is 1.03. The van der Waals surface area contributed by atoms with Gasteiger partial charge in [0.2, 0.25) is 0 Å². The number of nitrogens with one attached hydrogen (secondary N) is 2. The summed E-state index contributed by atoms with van der Waals surface area (Å²) in [5.74, 6) is 0. The predicted molar refractivity (Wildman–Crippen MR) is 72.4 cm³/mol. The minimum atomic E-state index is 0.141. The van der Waals surface area contributed by atoms with E-state index in [0.29, 0.717) is 28.1 Å². The summed E-state index contributed by atoms with van der Waals surface area (Å²) in [5.41, 5.74) is 0.774. The van der Waals surface area contributed by atoms with Crippen LogP contribution in [0.25, 0.3) is 0 Å². The highest BCUT2D eigenvalue weighted by atomic mass is 35.5. The highest BCUT2D eigenvalue weighted by Crippen LogP contribution is 2.24. The van der Waals surface area contributed by atoms with Gasteiger partial charge in [0.15, 0.2) is 5.11 Å². The van der Waals surface area contributed by atoms with Crippen LogP contribution in [0.5, 0.6) is 0 Å². The van der Waals surface area contributed by atoms with Gasteiger partial charge in [0.05, 0.1) is 10.0 Å². The van der Waals surface area contributed by atoms with Crippen molar-refractivity contribution >= 4 is 46.2 Å². The summed E-state index contributed by atoms with van der Waals surface area (Å²) in [7, 11) is 0. The molecule has 0 aliphatic carbocycles. The number of thiocarbonyl (C=S) groups is 1. The Morgan fingerprint density at radius 2 is 2.06 bits per heavy atom. The summed E-state index contributed by atoms with van der Waals surface area (Å²) < 4.78 is 0. The van der Waals surface area contributed by atoms with Crippen LogP contribution in [0.4, 0.5) is 5.69 Å². The number of anilines is 1. The van der Waals surface area contributed by atoms with Crippen LogP contribution in [0.2, 0.25) is 10.0 Å². The Bertz CT molecular complexity index is 374. The summed E-state index contributed by atoms with van der Waals surface area (Å²) in [6.45, 7) is 0.770. The third-order valence-corrected chi connectivity index (χ3v) is 2.78. The highest BCUT2D eigenvalue weighted by molar-refractivity contribution is 7.80. The van der Waals surface area contributed by atoms with Crippen molar-refractivity contribution in [3.63, 3.8) is 0 Å². The summed E-state index contributed by atoms with van der Waals surface area (Å²) >= 11 is 16.7. The van der Waals surface area contributed by atoms with Gasteiger partial charge < -0.3 is 15.7 Å². The molecule has 0 aliphatic rings. The molecule has 0 aliphatic heterocycles. The first kappa shape index (κ1) is 13.5. The van der Waals surface area contributed by atoms with Crippen molar-refractivity contribution < 1.29 is 5.11 Å². The van der Waals surface area contributed by atoms with Gasteiger partial charge >= 0.3 is 0 Å². The fourth-order valence-corrected chi connectivity index (χ4v) is 1.55. The molecule has 0 unspecified atom stereocenters. The molecule has 0 spiro atoms. The van der Waals surface area contributed by atoms with Gasteiger partial charge in [0.25, 0.3) is 0 Å². The van der Waals surface area contributed by atoms with Crippen LogP contribution in [0.3, 0.4) is 0 Å². The number of aliphatic hydroxyl groups is 1. The molecule has 0 radical (unpaired) electrons. The maximum absolute atomic E-state index is 8.60. The number of benzene rings is 1. The molecule has 0 saturated carbocycles.